The molecule has 0 saturated carbocycles. The highest BCUT2D eigenvalue weighted by atomic mass is 32.2. The van der Waals surface area contributed by atoms with Crippen molar-refractivity contribution in [1.29, 1.82) is 0 Å². The van der Waals surface area contributed by atoms with Crippen molar-refractivity contribution >= 4 is 197 Å². The number of rotatable bonds is 16. The Kier molecular flexibility index (Phi) is 25.5. The molecule has 0 radical (unpaired) electrons. The molecule has 29 rings (SSSR count). The smallest absolute Gasteiger partial charge is 0.229 e. The number of hydrogen-bond donors (Lipinski definition) is 4. The van der Waals surface area contributed by atoms with E-state index < -0.39 is 41.3 Å². The van der Waals surface area contributed by atoms with Crippen molar-refractivity contribution in [3.8, 4) is 45.6 Å². The summed E-state index contributed by atoms with van der Waals surface area (Å²) in [6.07, 6.45) is 15.8. The van der Waals surface area contributed by atoms with Crippen LogP contribution in [0.15, 0.2) is 176 Å². The normalized spacial score (nSPS) is 18.9. The maximum absolute atomic E-state index is 12.1. The summed E-state index contributed by atoms with van der Waals surface area (Å²) in [5, 5.41) is 7.80. The minimum Gasteiger partial charge on any atom is -0.432 e. The van der Waals surface area contributed by atoms with Crippen LogP contribution >= 0.6 is 0 Å². The topological polar surface area (TPSA) is 436 Å². The van der Waals surface area contributed by atoms with Crippen molar-refractivity contribution in [3.63, 3.8) is 0 Å². The SMILES string of the molecule is Cc1ccc2[nH]ccc2c1-c1nc(N2CCOCC2)c2oc3ncc(CN4CCS(=O)CC4)cc3c2n1.Cc1ccc2[nH]ccc2c1-c1nc(N2CCOCC2)c2oc3ncc(CN4CCS(=O)CC4)cc3c2n1.O=S1(=O)CC2(CN(Cc3cnc4oc5c(N6CCOCC6)nc(-c6cccc7[nH]ccc67)nc5c4c3)C2)C1.O=S1(=O)CCCN(Cc2cnc3oc4c(N5CCOCC5)nc(-c5cccc6[nH]ccc56)nc4c3c2)CC1. The monoisotopic (exact) mass is 2090 g/mol. The van der Waals surface area contributed by atoms with Crippen molar-refractivity contribution in [1.82, 2.24) is 99.3 Å². The first-order chi connectivity index (χ1) is 73.3. The van der Waals surface area contributed by atoms with Crippen LogP contribution in [-0.2, 0) is 86.4 Å². The van der Waals surface area contributed by atoms with Gasteiger partial charge in [-0.25, -0.2) is 76.6 Å². The van der Waals surface area contributed by atoms with Crippen LogP contribution in [0.4, 0.5) is 23.3 Å². The number of likely N-dealkylation sites (tertiary alicyclic amines) is 1. The van der Waals surface area contributed by atoms with Crippen LogP contribution in [0.25, 0.3) is 178 Å². The summed E-state index contributed by atoms with van der Waals surface area (Å²) >= 11 is 0. The molecule has 9 saturated heterocycles. The Labute approximate surface area is 865 Å². The average molecular weight is 2100 g/mol. The van der Waals surface area contributed by atoms with Gasteiger partial charge >= 0.3 is 0 Å². The first kappa shape index (κ1) is 95.8. The molecule has 0 amide bonds. The van der Waals surface area contributed by atoms with Crippen LogP contribution in [0.1, 0.15) is 39.8 Å². The number of H-pyrrole nitrogens is 4. The lowest BCUT2D eigenvalue weighted by atomic mass is 9.82. The van der Waals surface area contributed by atoms with Gasteiger partial charge in [0.25, 0.3) is 0 Å². The number of anilines is 4. The van der Waals surface area contributed by atoms with Gasteiger partial charge in [-0.1, -0.05) is 36.4 Å². The summed E-state index contributed by atoms with van der Waals surface area (Å²) in [6, 6.07) is 37.3. The third kappa shape index (κ3) is 18.9. The molecule has 9 aliphatic heterocycles. The zero-order valence-corrected chi connectivity index (χ0v) is 86.2. The lowest BCUT2D eigenvalue weighted by Gasteiger charge is -2.54. The van der Waals surface area contributed by atoms with E-state index in [1.807, 2.05) is 98.1 Å². The minimum absolute atomic E-state index is 0.0346. The number of fused-ring (bicyclic) bond motifs is 16. The lowest BCUT2D eigenvalue weighted by molar-refractivity contribution is 0.0180. The van der Waals surface area contributed by atoms with Crippen molar-refractivity contribution < 1.29 is 61.9 Å². The Morgan fingerprint density at radius 1 is 0.333 bits per heavy atom. The van der Waals surface area contributed by atoms with Gasteiger partial charge in [-0.2, -0.15) is 0 Å². The maximum Gasteiger partial charge on any atom is 0.229 e. The molecule has 9 fully saturated rings. The van der Waals surface area contributed by atoms with E-state index in [0.29, 0.717) is 172 Å². The van der Waals surface area contributed by atoms with Gasteiger partial charge in [-0.05, 0) is 133 Å². The van der Waals surface area contributed by atoms with Gasteiger partial charge in [-0.15, -0.1) is 0 Å². The highest BCUT2D eigenvalue weighted by Crippen LogP contribution is 2.47. The molecule has 150 heavy (non-hydrogen) atoms. The molecule has 0 atom stereocenters. The van der Waals surface area contributed by atoms with E-state index in [2.05, 4.69) is 154 Å². The quantitative estimate of drug-likeness (QED) is 0.0698. The molecule has 1 spiro atoms. The minimum atomic E-state index is -2.96. The molecule has 20 aromatic rings. The van der Waals surface area contributed by atoms with E-state index >= 15 is 0 Å². The van der Waals surface area contributed by atoms with Crippen molar-refractivity contribution in [2.24, 2.45) is 5.41 Å². The Morgan fingerprint density at radius 2 is 0.653 bits per heavy atom. The number of sulfone groups is 2. The first-order valence-corrected chi connectivity index (χ1v) is 57.8. The second kappa shape index (κ2) is 39.9. The Hall–Kier alpha value is -13.8. The van der Waals surface area contributed by atoms with Crippen molar-refractivity contribution in [3.05, 3.63) is 192 Å². The summed E-state index contributed by atoms with van der Waals surface area (Å²) in [4.78, 5) is 90.3. The molecule has 16 aromatic heterocycles. The second-order valence-electron chi connectivity index (χ2n) is 40.4. The van der Waals surface area contributed by atoms with Crippen LogP contribution in [0.5, 0.6) is 0 Å². The summed E-state index contributed by atoms with van der Waals surface area (Å²) in [7, 11) is -7.17. The van der Waals surface area contributed by atoms with Gasteiger partial charge in [0.2, 0.25) is 22.9 Å². The van der Waals surface area contributed by atoms with E-state index in [-0.39, 0.29) is 16.9 Å². The third-order valence-electron chi connectivity index (χ3n) is 30.1. The van der Waals surface area contributed by atoms with Crippen LogP contribution in [0.2, 0.25) is 0 Å². The van der Waals surface area contributed by atoms with E-state index in [0.717, 1.165) is 287 Å². The van der Waals surface area contributed by atoms with Crippen molar-refractivity contribution in [2.45, 2.75) is 46.4 Å². The average Bonchev–Trinajstić information content (AvgIpc) is 1.16. The number of morpholine rings is 4. The van der Waals surface area contributed by atoms with Gasteiger partial charge in [0.1, 0.15) is 22.1 Å². The number of pyridine rings is 4. The first-order valence-electron chi connectivity index (χ1n) is 51.2. The molecule has 0 aliphatic carbocycles. The molecule has 9 aliphatic rings. The Balaban J connectivity index is 0.000000101. The number of aromatic nitrogens is 16. The molecular weight excluding hydrogens is 1990 g/mol. The molecule has 0 bridgehead atoms. The molecule has 770 valence electrons. The van der Waals surface area contributed by atoms with Gasteiger partial charge in [0.05, 0.1) is 97.4 Å². The number of aryl methyl sites for hydroxylation is 2. The number of furan rings is 4. The van der Waals surface area contributed by atoms with Crippen LogP contribution in [0, 0.1) is 19.3 Å². The van der Waals surface area contributed by atoms with Gasteiger partial charge in [0, 0.05) is 290 Å². The fraction of sp³-hybridized carbons (Fsp3) is 0.370. The van der Waals surface area contributed by atoms with Crippen LogP contribution < -0.4 is 19.6 Å². The molecule has 25 heterocycles. The van der Waals surface area contributed by atoms with Crippen LogP contribution in [-0.4, -0.2) is 328 Å². The van der Waals surface area contributed by atoms with Crippen LogP contribution in [0.3, 0.4) is 0 Å². The largest absolute Gasteiger partial charge is 0.432 e. The fourth-order valence-electron chi connectivity index (χ4n) is 22.6. The van der Waals surface area contributed by atoms with Gasteiger partial charge in [0.15, 0.2) is 88.6 Å². The lowest BCUT2D eigenvalue weighted by Crippen LogP contribution is -2.67. The standard InChI is InChI=1S/C27H26N6O4S.C27H28N6O4S.2C27H28N6O3S/c34-38(35)15-27(16-38)13-32(14-27)12-17-10-20-22-23(37-26(20)29-11-17)25(33-6-8-36-9-7-33)31-24(30-22)19-2-1-3-21-18(19)4-5-28-21;34-38(35)13-2-7-32(10-14-38)17-18-15-21-23-24(37-27(21)29-16-18)26(33-8-11-36-12-9-33)31-25(30-23)20-3-1-4-22-19(20)5-6-28-22;2*1-17-2-3-21-19(4-5-28-21)22(17)25-30-23-20-14-18(16-32-8-12-37(34)13-9-32)15-29-27(20)36-24(23)26(31-25)33-6-10-35-11-7-33/h1-5,10-11,28H,6-9,12-16H2;1,3-6,15-16,28H,2,7-14,17H2;2*2-5,14-15,28H,6-13,16H2,1H3. The van der Waals surface area contributed by atoms with E-state index in [1.54, 1.807) is 0 Å². The Bertz CT molecular complexity index is 8660. The molecule has 42 heteroatoms. The number of nitrogens with one attached hydrogen (secondary N) is 4. The Morgan fingerprint density at radius 3 is 1.01 bits per heavy atom. The summed E-state index contributed by atoms with van der Waals surface area (Å²) in [5.74, 6) is 9.73. The molecule has 38 nitrogen and oxygen atoms in total. The molecule has 4 N–H and O–H groups in total. The third-order valence-corrected chi connectivity index (χ3v) is 36.4. The number of ether oxygens (including phenoxy) is 4. The number of benzene rings is 4. The zero-order chi connectivity index (χ0) is 101. The number of hydrogen-bond acceptors (Lipinski definition) is 34. The van der Waals surface area contributed by atoms with Crippen molar-refractivity contribution in [2.75, 3.05) is 223 Å². The second-order valence-corrected chi connectivity index (χ2v) is 48.1. The zero-order valence-electron chi connectivity index (χ0n) is 83.0. The van der Waals surface area contributed by atoms with E-state index in [4.69, 9.17) is 76.5 Å². The fourth-order valence-corrected chi connectivity index (χ4v) is 28.3. The number of nitrogens with zero attached hydrogens (tertiary/aromatic N) is 20. The highest BCUT2D eigenvalue weighted by molar-refractivity contribution is 7.93. The summed E-state index contributed by atoms with van der Waals surface area (Å²) in [6.45, 7) is 24.3. The molecule has 4 aromatic carbocycles. The maximum atomic E-state index is 12.1. The molecule has 0 unspecified atom stereocenters. The molecular formula is C108H110N24O14S4. The van der Waals surface area contributed by atoms with E-state index in [1.165, 1.54) is 0 Å². The highest BCUT2D eigenvalue weighted by Gasteiger charge is 2.56. The van der Waals surface area contributed by atoms with Gasteiger partial charge < -0.3 is 76.2 Å². The van der Waals surface area contributed by atoms with E-state index in [9.17, 15) is 25.3 Å². The summed E-state index contributed by atoms with van der Waals surface area (Å²) in [5.41, 5.74) is 22.4. The summed E-state index contributed by atoms with van der Waals surface area (Å²) < 4.78 is 119. The predicted octanol–water partition coefficient (Wildman–Crippen LogP) is 13.6. The van der Waals surface area contributed by atoms with Gasteiger partial charge in [-0.3, -0.25) is 28.0 Å². The predicted molar refractivity (Wildman–Crippen MR) is 580 cm³/mol. The number of aromatic amines is 4.